The first kappa shape index (κ1) is 7.92. The lowest BCUT2D eigenvalue weighted by atomic mass is 10.2. The molecule has 1 fully saturated rings. The molecule has 0 bridgehead atoms. The number of aryl methyl sites for hydroxylation is 1. The van der Waals surface area contributed by atoms with Crippen LogP contribution in [0, 0.1) is 6.92 Å². The minimum atomic E-state index is 0.731. The Morgan fingerprint density at radius 2 is 2.14 bits per heavy atom. The van der Waals surface area contributed by atoms with Crippen molar-refractivity contribution in [2.45, 2.75) is 25.8 Å². The number of nitrogens with two attached hydrogens (primary N) is 1. The Balaban J connectivity index is 2.37. The predicted molar refractivity (Wildman–Crippen MR) is 59.4 cm³/mol. The Hall–Kier alpha value is -1.44. The number of fused-ring (bicyclic) bond motifs is 1. The van der Waals surface area contributed by atoms with Crippen LogP contribution in [0.4, 0.5) is 5.69 Å². The third-order valence-corrected chi connectivity index (χ3v) is 3.02. The Labute approximate surface area is 83.3 Å². The highest BCUT2D eigenvalue weighted by Gasteiger charge is 2.26. The molecule has 2 nitrogen and oxygen atoms in total. The maximum absolute atomic E-state index is 5.95. The van der Waals surface area contributed by atoms with Gasteiger partial charge in [-0.25, -0.2) is 0 Å². The van der Waals surface area contributed by atoms with E-state index < -0.39 is 0 Å². The van der Waals surface area contributed by atoms with E-state index in [1.807, 2.05) is 12.1 Å². The Bertz CT molecular complexity index is 492. The van der Waals surface area contributed by atoms with Gasteiger partial charge in [0.2, 0.25) is 0 Å². The molecular formula is C12H14N2. The summed E-state index contributed by atoms with van der Waals surface area (Å²) in [4.78, 5) is 0. The Morgan fingerprint density at radius 3 is 2.86 bits per heavy atom. The first-order valence-electron chi connectivity index (χ1n) is 5.13. The van der Waals surface area contributed by atoms with Gasteiger partial charge in [0, 0.05) is 22.8 Å². The molecule has 3 rings (SSSR count). The van der Waals surface area contributed by atoms with E-state index in [1.165, 1.54) is 29.4 Å². The molecule has 1 aliphatic rings. The van der Waals surface area contributed by atoms with Crippen molar-refractivity contribution in [2.75, 3.05) is 5.73 Å². The van der Waals surface area contributed by atoms with Crippen molar-refractivity contribution < 1.29 is 0 Å². The van der Waals surface area contributed by atoms with Crippen molar-refractivity contribution in [3.05, 3.63) is 30.0 Å². The first-order valence-corrected chi connectivity index (χ1v) is 5.13. The van der Waals surface area contributed by atoms with Gasteiger partial charge in [-0.2, -0.15) is 0 Å². The molecule has 1 aromatic heterocycles. The van der Waals surface area contributed by atoms with Crippen molar-refractivity contribution in [3.8, 4) is 0 Å². The molecular weight excluding hydrogens is 172 g/mol. The van der Waals surface area contributed by atoms with Crippen LogP contribution in [-0.2, 0) is 0 Å². The van der Waals surface area contributed by atoms with Gasteiger partial charge >= 0.3 is 0 Å². The quantitative estimate of drug-likeness (QED) is 0.682. The number of hydrogen-bond acceptors (Lipinski definition) is 1. The molecule has 1 aromatic carbocycles. The molecule has 0 spiro atoms. The summed E-state index contributed by atoms with van der Waals surface area (Å²) in [6.07, 6.45) is 2.64. The van der Waals surface area contributed by atoms with Crippen LogP contribution in [0.5, 0.6) is 0 Å². The summed E-state index contributed by atoms with van der Waals surface area (Å²) in [5, 5.41) is 1.21. The minimum absolute atomic E-state index is 0.731. The summed E-state index contributed by atoms with van der Waals surface area (Å²) in [5.74, 6) is 0. The number of aromatic nitrogens is 1. The number of nitrogen functional groups attached to an aromatic ring is 1. The fraction of sp³-hybridized carbons (Fsp3) is 0.333. The van der Waals surface area contributed by atoms with Crippen molar-refractivity contribution in [1.82, 2.24) is 4.57 Å². The molecule has 72 valence electrons. The normalized spacial score (nSPS) is 16.4. The summed E-state index contributed by atoms with van der Waals surface area (Å²) in [6, 6.07) is 9.10. The summed E-state index contributed by atoms with van der Waals surface area (Å²) in [5.41, 5.74) is 9.47. The summed E-state index contributed by atoms with van der Waals surface area (Å²) >= 11 is 0. The second-order valence-corrected chi connectivity index (χ2v) is 4.17. The monoisotopic (exact) mass is 186 g/mol. The Morgan fingerprint density at radius 1 is 1.36 bits per heavy atom. The van der Waals surface area contributed by atoms with E-state index in [9.17, 15) is 0 Å². The molecule has 1 heterocycles. The van der Waals surface area contributed by atoms with Gasteiger partial charge in [0.1, 0.15) is 0 Å². The van der Waals surface area contributed by atoms with E-state index in [0.717, 1.165) is 11.7 Å². The fourth-order valence-electron chi connectivity index (χ4n) is 2.22. The molecule has 2 heteroatoms. The highest BCUT2D eigenvalue weighted by atomic mass is 15.0. The van der Waals surface area contributed by atoms with Gasteiger partial charge in [0.25, 0.3) is 0 Å². The third kappa shape index (κ3) is 0.969. The number of anilines is 1. The largest absolute Gasteiger partial charge is 0.398 e. The van der Waals surface area contributed by atoms with Crippen LogP contribution in [0.1, 0.15) is 24.6 Å². The fourth-order valence-corrected chi connectivity index (χ4v) is 2.22. The molecule has 2 N–H and O–H groups in total. The maximum Gasteiger partial charge on any atom is 0.0505 e. The molecule has 1 saturated carbocycles. The lowest BCUT2D eigenvalue weighted by Crippen LogP contribution is -1.95. The van der Waals surface area contributed by atoms with Gasteiger partial charge in [0.05, 0.1) is 5.52 Å². The summed E-state index contributed by atoms with van der Waals surface area (Å²) < 4.78 is 2.42. The van der Waals surface area contributed by atoms with Crippen LogP contribution in [-0.4, -0.2) is 4.57 Å². The van der Waals surface area contributed by atoms with Gasteiger partial charge in [-0.05, 0) is 38.0 Å². The number of hydrogen-bond donors (Lipinski definition) is 1. The molecule has 14 heavy (non-hydrogen) atoms. The zero-order chi connectivity index (χ0) is 9.71. The van der Waals surface area contributed by atoms with E-state index in [1.54, 1.807) is 0 Å². The SMILES string of the molecule is Cc1cc2c(N)cccc2n1C1CC1. The number of nitrogens with zero attached hydrogens (tertiary/aromatic N) is 1. The number of rotatable bonds is 1. The maximum atomic E-state index is 5.95. The zero-order valence-electron chi connectivity index (χ0n) is 8.33. The van der Waals surface area contributed by atoms with Crippen molar-refractivity contribution >= 4 is 16.6 Å². The Kier molecular flexibility index (Phi) is 1.43. The zero-order valence-corrected chi connectivity index (χ0v) is 8.33. The predicted octanol–water partition coefficient (Wildman–Crippen LogP) is 2.87. The molecule has 0 atom stereocenters. The van der Waals surface area contributed by atoms with Gasteiger partial charge in [-0.15, -0.1) is 0 Å². The van der Waals surface area contributed by atoms with Gasteiger partial charge in [-0.1, -0.05) is 6.07 Å². The summed E-state index contributed by atoms with van der Waals surface area (Å²) in [6.45, 7) is 2.16. The molecule has 0 aliphatic heterocycles. The van der Waals surface area contributed by atoms with E-state index in [4.69, 9.17) is 5.73 Å². The van der Waals surface area contributed by atoms with Gasteiger partial charge in [0.15, 0.2) is 0 Å². The van der Waals surface area contributed by atoms with Crippen LogP contribution in [0.25, 0.3) is 10.9 Å². The molecule has 0 saturated heterocycles. The van der Waals surface area contributed by atoms with Crippen LogP contribution >= 0.6 is 0 Å². The van der Waals surface area contributed by atoms with Crippen molar-refractivity contribution in [3.63, 3.8) is 0 Å². The van der Waals surface area contributed by atoms with Crippen LogP contribution < -0.4 is 5.73 Å². The van der Waals surface area contributed by atoms with E-state index in [2.05, 4.69) is 23.6 Å². The van der Waals surface area contributed by atoms with E-state index >= 15 is 0 Å². The highest BCUT2D eigenvalue weighted by Crippen LogP contribution is 2.40. The lowest BCUT2D eigenvalue weighted by Gasteiger charge is -2.05. The first-order chi connectivity index (χ1) is 6.77. The van der Waals surface area contributed by atoms with Gasteiger partial charge in [-0.3, -0.25) is 0 Å². The van der Waals surface area contributed by atoms with Crippen molar-refractivity contribution in [1.29, 1.82) is 0 Å². The van der Waals surface area contributed by atoms with Crippen LogP contribution in [0.2, 0.25) is 0 Å². The van der Waals surface area contributed by atoms with Gasteiger partial charge < -0.3 is 10.3 Å². The molecule has 2 aromatic rings. The lowest BCUT2D eigenvalue weighted by molar-refractivity contribution is 0.749. The highest BCUT2D eigenvalue weighted by molar-refractivity contribution is 5.92. The standard InChI is InChI=1S/C12H14N2/c1-8-7-10-11(13)3-2-4-12(10)14(8)9-5-6-9/h2-4,7,9H,5-6,13H2,1H3. The molecule has 0 unspecified atom stereocenters. The molecule has 1 aliphatic carbocycles. The van der Waals surface area contributed by atoms with Crippen molar-refractivity contribution in [2.24, 2.45) is 0 Å². The minimum Gasteiger partial charge on any atom is -0.398 e. The van der Waals surface area contributed by atoms with Crippen LogP contribution in [0.3, 0.4) is 0 Å². The molecule has 0 amide bonds. The topological polar surface area (TPSA) is 30.9 Å². The molecule has 0 radical (unpaired) electrons. The van der Waals surface area contributed by atoms with E-state index in [0.29, 0.717) is 0 Å². The smallest absolute Gasteiger partial charge is 0.0505 e. The second-order valence-electron chi connectivity index (χ2n) is 4.17. The van der Waals surface area contributed by atoms with Crippen LogP contribution in [0.15, 0.2) is 24.3 Å². The average molecular weight is 186 g/mol. The summed E-state index contributed by atoms with van der Waals surface area (Å²) in [7, 11) is 0. The average Bonchev–Trinajstić information content (AvgIpc) is 2.91. The number of benzene rings is 1. The second kappa shape index (κ2) is 2.53. The third-order valence-electron chi connectivity index (χ3n) is 3.02. The van der Waals surface area contributed by atoms with E-state index in [-0.39, 0.29) is 0 Å².